The minimum atomic E-state index is -0.00975. The van der Waals surface area contributed by atoms with Crippen LogP contribution in [0.5, 0.6) is 0 Å². The van der Waals surface area contributed by atoms with E-state index in [9.17, 15) is 4.79 Å². The Morgan fingerprint density at radius 3 is 2.59 bits per heavy atom. The van der Waals surface area contributed by atoms with Gasteiger partial charge in [0.15, 0.2) is 5.76 Å². The predicted molar refractivity (Wildman–Crippen MR) is 111 cm³/mol. The van der Waals surface area contributed by atoms with E-state index < -0.39 is 0 Å². The Balaban J connectivity index is 1.36. The number of carbonyl (C=O) groups excluding carboxylic acids is 1. The lowest BCUT2D eigenvalue weighted by atomic mass is 9.85. The van der Waals surface area contributed by atoms with Crippen LogP contribution >= 0.6 is 0 Å². The number of carbonyl (C=O) groups is 1. The van der Waals surface area contributed by atoms with Gasteiger partial charge < -0.3 is 19.5 Å². The van der Waals surface area contributed by atoms with E-state index >= 15 is 0 Å². The van der Waals surface area contributed by atoms with Gasteiger partial charge >= 0.3 is 0 Å². The van der Waals surface area contributed by atoms with Crippen molar-refractivity contribution in [2.75, 3.05) is 53.0 Å². The summed E-state index contributed by atoms with van der Waals surface area (Å²) in [5.41, 5.74) is 1.64. The molecule has 0 saturated carbocycles. The lowest BCUT2D eigenvalue weighted by Crippen LogP contribution is -2.62. The van der Waals surface area contributed by atoms with Crippen molar-refractivity contribution in [1.29, 1.82) is 0 Å². The van der Waals surface area contributed by atoms with Crippen LogP contribution in [0.1, 0.15) is 18.5 Å². The van der Waals surface area contributed by atoms with Crippen LogP contribution in [0, 0.1) is 0 Å². The highest BCUT2D eigenvalue weighted by Crippen LogP contribution is 2.29. The number of aromatic nitrogens is 1. The summed E-state index contributed by atoms with van der Waals surface area (Å²) in [5, 5.41) is 7.26. The van der Waals surface area contributed by atoms with Crippen molar-refractivity contribution in [3.05, 3.63) is 42.1 Å². The number of rotatable bonds is 6. The maximum Gasteiger partial charge on any atom is 0.226 e. The molecule has 0 radical (unpaired) electrons. The molecule has 7 heteroatoms. The van der Waals surface area contributed by atoms with E-state index in [-0.39, 0.29) is 17.9 Å². The van der Waals surface area contributed by atoms with Gasteiger partial charge in [0.2, 0.25) is 5.91 Å². The van der Waals surface area contributed by atoms with E-state index in [1.807, 2.05) is 36.4 Å². The largest absolute Gasteiger partial charge is 0.379 e. The number of hydrogen-bond donors (Lipinski definition) is 1. The lowest BCUT2D eigenvalue weighted by molar-refractivity contribution is -0.122. The third kappa shape index (κ3) is 4.86. The molecule has 0 unspecified atom stereocenters. The second-order valence-electron chi connectivity index (χ2n) is 8.13. The molecule has 2 aliphatic heterocycles. The number of hydrogen-bond acceptors (Lipinski definition) is 6. The zero-order chi connectivity index (χ0) is 20.1. The molecule has 0 aliphatic carbocycles. The van der Waals surface area contributed by atoms with Gasteiger partial charge in [0.25, 0.3) is 0 Å². The normalized spacial score (nSPS) is 20.4. The molecule has 29 heavy (non-hydrogen) atoms. The smallest absolute Gasteiger partial charge is 0.226 e. The third-order valence-electron chi connectivity index (χ3n) is 6.17. The van der Waals surface area contributed by atoms with E-state index in [0.717, 1.165) is 57.8 Å². The maximum absolute atomic E-state index is 12.6. The Morgan fingerprint density at radius 1 is 1.14 bits per heavy atom. The van der Waals surface area contributed by atoms with E-state index in [4.69, 9.17) is 9.26 Å². The average Bonchev–Trinajstić information content (AvgIpc) is 3.23. The van der Waals surface area contributed by atoms with Crippen LogP contribution in [0.25, 0.3) is 11.3 Å². The Hall–Kier alpha value is -2.22. The van der Waals surface area contributed by atoms with Gasteiger partial charge in [-0.25, -0.2) is 0 Å². The average molecular weight is 399 g/mol. The minimum Gasteiger partial charge on any atom is -0.379 e. The van der Waals surface area contributed by atoms with Gasteiger partial charge in [-0.15, -0.1) is 0 Å². The molecule has 0 atom stereocenters. The quantitative estimate of drug-likeness (QED) is 0.800. The molecule has 3 heterocycles. The zero-order valence-corrected chi connectivity index (χ0v) is 17.1. The summed E-state index contributed by atoms with van der Waals surface area (Å²) in [4.78, 5) is 17.5. The van der Waals surface area contributed by atoms with Crippen molar-refractivity contribution in [3.8, 4) is 11.3 Å². The summed E-state index contributed by atoms with van der Waals surface area (Å²) in [6.45, 7) is 6.18. The maximum atomic E-state index is 12.6. The van der Waals surface area contributed by atoms with Crippen molar-refractivity contribution < 1.29 is 14.1 Å². The zero-order valence-electron chi connectivity index (χ0n) is 17.1. The van der Waals surface area contributed by atoms with Crippen LogP contribution in [0.2, 0.25) is 0 Å². The minimum absolute atomic E-state index is 0.00975. The standard InChI is InChI=1S/C22H30N4O3/c1-25-9-7-22(8-10-25,26-11-13-28-14-12-26)17-23-21(27)16-19-15-20(29-24-19)18-5-3-2-4-6-18/h2-6,15H,7-14,16-17H2,1H3,(H,23,27). The van der Waals surface area contributed by atoms with Gasteiger partial charge in [0, 0.05) is 36.8 Å². The lowest BCUT2D eigenvalue weighted by Gasteiger charge is -2.49. The van der Waals surface area contributed by atoms with Crippen LogP contribution in [0.4, 0.5) is 0 Å². The van der Waals surface area contributed by atoms with Gasteiger partial charge in [-0.2, -0.15) is 0 Å². The van der Waals surface area contributed by atoms with Crippen LogP contribution in [0.3, 0.4) is 0 Å². The highest BCUT2D eigenvalue weighted by atomic mass is 16.5. The SMILES string of the molecule is CN1CCC(CNC(=O)Cc2cc(-c3ccccc3)on2)(N2CCOCC2)CC1. The predicted octanol–water partition coefficient (Wildman–Crippen LogP) is 1.80. The van der Waals surface area contributed by atoms with Crippen LogP contribution in [0.15, 0.2) is 40.9 Å². The first-order chi connectivity index (χ1) is 14.1. The summed E-state index contributed by atoms with van der Waals surface area (Å²) < 4.78 is 11.0. The number of amides is 1. The number of nitrogens with one attached hydrogen (secondary N) is 1. The van der Waals surface area contributed by atoms with Gasteiger partial charge in [-0.3, -0.25) is 9.69 Å². The van der Waals surface area contributed by atoms with Crippen molar-refractivity contribution in [2.45, 2.75) is 24.8 Å². The summed E-state index contributed by atoms with van der Waals surface area (Å²) in [5.74, 6) is 0.679. The molecule has 156 valence electrons. The second kappa shape index (κ2) is 9.07. The fourth-order valence-corrected chi connectivity index (χ4v) is 4.30. The Bertz CT molecular complexity index is 793. The van der Waals surface area contributed by atoms with E-state index in [2.05, 4.69) is 27.3 Å². The van der Waals surface area contributed by atoms with Gasteiger partial charge in [0.1, 0.15) is 0 Å². The summed E-state index contributed by atoms with van der Waals surface area (Å²) in [7, 11) is 2.16. The number of likely N-dealkylation sites (tertiary alicyclic amines) is 1. The van der Waals surface area contributed by atoms with Gasteiger partial charge in [-0.05, 0) is 33.0 Å². The van der Waals surface area contributed by atoms with Crippen LogP contribution < -0.4 is 5.32 Å². The molecule has 0 bridgehead atoms. The summed E-state index contributed by atoms with van der Waals surface area (Å²) in [6, 6.07) is 11.7. The number of nitrogens with zero attached hydrogens (tertiary/aromatic N) is 3. The molecular formula is C22H30N4O3. The number of piperidine rings is 1. The van der Waals surface area contributed by atoms with Gasteiger partial charge in [-0.1, -0.05) is 35.5 Å². The van der Waals surface area contributed by atoms with E-state index in [1.54, 1.807) is 0 Å². The first-order valence-electron chi connectivity index (χ1n) is 10.4. The second-order valence-corrected chi connectivity index (χ2v) is 8.13. The molecule has 2 aliphatic rings. The Kier molecular flexibility index (Phi) is 6.28. The summed E-state index contributed by atoms with van der Waals surface area (Å²) >= 11 is 0. The summed E-state index contributed by atoms with van der Waals surface area (Å²) in [6.07, 6.45) is 2.35. The molecule has 2 aromatic rings. The molecule has 1 amide bonds. The topological polar surface area (TPSA) is 70.8 Å². The van der Waals surface area contributed by atoms with Crippen molar-refractivity contribution in [1.82, 2.24) is 20.3 Å². The van der Waals surface area contributed by atoms with Crippen LogP contribution in [-0.2, 0) is 16.0 Å². The van der Waals surface area contributed by atoms with Crippen LogP contribution in [-0.4, -0.2) is 79.4 Å². The first kappa shape index (κ1) is 20.1. The number of benzene rings is 1. The molecule has 1 aromatic heterocycles. The fourth-order valence-electron chi connectivity index (χ4n) is 4.30. The molecule has 4 rings (SSSR count). The monoisotopic (exact) mass is 398 g/mol. The number of morpholine rings is 1. The Morgan fingerprint density at radius 2 is 1.86 bits per heavy atom. The molecule has 7 nitrogen and oxygen atoms in total. The highest BCUT2D eigenvalue weighted by molar-refractivity contribution is 5.78. The molecular weight excluding hydrogens is 368 g/mol. The third-order valence-corrected chi connectivity index (χ3v) is 6.17. The van der Waals surface area contributed by atoms with E-state index in [1.165, 1.54) is 0 Å². The Labute approximate surface area is 172 Å². The highest BCUT2D eigenvalue weighted by Gasteiger charge is 2.40. The molecule has 2 saturated heterocycles. The molecule has 1 aromatic carbocycles. The van der Waals surface area contributed by atoms with Crippen molar-refractivity contribution in [3.63, 3.8) is 0 Å². The van der Waals surface area contributed by atoms with Crippen molar-refractivity contribution >= 4 is 5.91 Å². The molecule has 1 N–H and O–H groups in total. The molecule has 2 fully saturated rings. The number of ether oxygens (including phenoxy) is 1. The fraction of sp³-hybridized carbons (Fsp3) is 0.545. The van der Waals surface area contributed by atoms with E-state index in [0.29, 0.717) is 18.0 Å². The van der Waals surface area contributed by atoms with Crippen molar-refractivity contribution in [2.24, 2.45) is 0 Å². The van der Waals surface area contributed by atoms with Gasteiger partial charge in [0.05, 0.1) is 25.3 Å². The first-order valence-corrected chi connectivity index (χ1v) is 10.4. The molecule has 0 spiro atoms.